The van der Waals surface area contributed by atoms with E-state index < -0.39 is 15.9 Å². The first kappa shape index (κ1) is 16.3. The van der Waals surface area contributed by atoms with E-state index in [0.29, 0.717) is 26.0 Å². The normalized spacial score (nSPS) is 28.3. The van der Waals surface area contributed by atoms with Gasteiger partial charge < -0.3 is 9.64 Å². The summed E-state index contributed by atoms with van der Waals surface area (Å²) in [5.74, 6) is -0.296. The van der Waals surface area contributed by atoms with Crippen LogP contribution in [0.15, 0.2) is 0 Å². The first-order valence-electron chi connectivity index (χ1n) is 7.59. The topological polar surface area (TPSA) is 80.8 Å². The third-order valence-electron chi connectivity index (χ3n) is 4.17. The molecule has 2 aliphatic heterocycles. The molecule has 0 bridgehead atoms. The number of carbonyl (C=O) groups is 2. The molecule has 120 valence electrons. The van der Waals surface area contributed by atoms with Gasteiger partial charge in [-0.05, 0) is 38.5 Å². The van der Waals surface area contributed by atoms with Gasteiger partial charge in [0.2, 0.25) is 5.91 Å². The molecule has 2 fully saturated rings. The van der Waals surface area contributed by atoms with Gasteiger partial charge in [-0.25, -0.2) is 13.2 Å². The SMILES string of the molecule is CCOC(=O)C1CCCCN1C(=O)CC1CCS(=O)(=O)C1. The number of sulfone groups is 1. The van der Waals surface area contributed by atoms with Gasteiger partial charge in [0.1, 0.15) is 6.04 Å². The summed E-state index contributed by atoms with van der Waals surface area (Å²) < 4.78 is 28.0. The molecule has 0 radical (unpaired) electrons. The first-order valence-corrected chi connectivity index (χ1v) is 9.41. The molecule has 7 heteroatoms. The molecule has 0 N–H and O–H groups in total. The molecule has 2 saturated heterocycles. The van der Waals surface area contributed by atoms with Crippen LogP contribution in [-0.2, 0) is 24.2 Å². The van der Waals surface area contributed by atoms with E-state index >= 15 is 0 Å². The quantitative estimate of drug-likeness (QED) is 0.715. The van der Waals surface area contributed by atoms with Crippen LogP contribution in [0, 0.1) is 5.92 Å². The molecule has 0 aromatic rings. The van der Waals surface area contributed by atoms with Gasteiger partial charge >= 0.3 is 5.97 Å². The predicted molar refractivity (Wildman–Crippen MR) is 77.4 cm³/mol. The number of hydrogen-bond donors (Lipinski definition) is 0. The Balaban J connectivity index is 1.97. The lowest BCUT2D eigenvalue weighted by Crippen LogP contribution is -2.49. The Morgan fingerprint density at radius 2 is 2.00 bits per heavy atom. The highest BCUT2D eigenvalue weighted by molar-refractivity contribution is 7.91. The Kier molecular flexibility index (Phi) is 5.24. The summed E-state index contributed by atoms with van der Waals surface area (Å²) in [4.78, 5) is 25.9. The van der Waals surface area contributed by atoms with Crippen LogP contribution in [-0.4, -0.2) is 55.9 Å². The predicted octanol–water partition coefficient (Wildman–Crippen LogP) is 0.755. The zero-order valence-corrected chi connectivity index (χ0v) is 13.2. The number of ether oxygens (including phenoxy) is 1. The van der Waals surface area contributed by atoms with Crippen LogP contribution in [0.1, 0.15) is 39.0 Å². The molecule has 2 rings (SSSR count). The van der Waals surface area contributed by atoms with Gasteiger partial charge in [0, 0.05) is 13.0 Å². The lowest BCUT2D eigenvalue weighted by molar-refractivity contribution is -0.156. The Morgan fingerprint density at radius 3 is 2.62 bits per heavy atom. The van der Waals surface area contributed by atoms with Crippen molar-refractivity contribution in [2.75, 3.05) is 24.7 Å². The maximum absolute atomic E-state index is 12.4. The molecular formula is C14H23NO5S. The summed E-state index contributed by atoms with van der Waals surface area (Å²) in [5.41, 5.74) is 0. The number of likely N-dealkylation sites (tertiary alicyclic amines) is 1. The molecule has 2 heterocycles. The number of rotatable bonds is 4. The van der Waals surface area contributed by atoms with Crippen LogP contribution >= 0.6 is 0 Å². The highest BCUT2D eigenvalue weighted by Crippen LogP contribution is 2.25. The average molecular weight is 317 g/mol. The smallest absolute Gasteiger partial charge is 0.328 e. The number of nitrogens with zero attached hydrogens (tertiary/aromatic N) is 1. The molecule has 0 aromatic carbocycles. The number of carbonyl (C=O) groups excluding carboxylic acids is 2. The molecule has 0 saturated carbocycles. The lowest BCUT2D eigenvalue weighted by atomic mass is 9.99. The van der Waals surface area contributed by atoms with Crippen LogP contribution in [0.3, 0.4) is 0 Å². The standard InChI is InChI=1S/C14H23NO5S/c1-2-20-14(17)12-5-3-4-7-15(12)13(16)9-11-6-8-21(18,19)10-11/h11-12H,2-10H2,1H3. The maximum Gasteiger partial charge on any atom is 0.328 e. The minimum Gasteiger partial charge on any atom is -0.464 e. The number of hydrogen-bond acceptors (Lipinski definition) is 5. The average Bonchev–Trinajstić information content (AvgIpc) is 2.78. The van der Waals surface area contributed by atoms with E-state index in [0.717, 1.165) is 12.8 Å². The minimum absolute atomic E-state index is 0.0939. The number of esters is 1. The second kappa shape index (κ2) is 6.77. The third kappa shape index (κ3) is 4.18. The Morgan fingerprint density at radius 1 is 1.24 bits per heavy atom. The van der Waals surface area contributed by atoms with Crippen molar-refractivity contribution in [2.45, 2.75) is 45.1 Å². The van der Waals surface area contributed by atoms with Crippen molar-refractivity contribution in [1.82, 2.24) is 4.90 Å². The van der Waals surface area contributed by atoms with Crippen molar-refractivity contribution in [1.29, 1.82) is 0 Å². The molecule has 1 amide bonds. The summed E-state index contributed by atoms with van der Waals surface area (Å²) in [7, 11) is -2.97. The van der Waals surface area contributed by atoms with Crippen LogP contribution < -0.4 is 0 Å². The van der Waals surface area contributed by atoms with Gasteiger partial charge in [0.15, 0.2) is 9.84 Å². The van der Waals surface area contributed by atoms with Gasteiger partial charge in [-0.1, -0.05) is 0 Å². The summed E-state index contributed by atoms with van der Waals surface area (Å²) in [5, 5.41) is 0. The molecular weight excluding hydrogens is 294 g/mol. The van der Waals surface area contributed by atoms with Crippen LogP contribution in [0.2, 0.25) is 0 Å². The van der Waals surface area contributed by atoms with Gasteiger partial charge in [0.25, 0.3) is 0 Å². The first-order chi connectivity index (χ1) is 9.93. The number of piperidine rings is 1. The fourth-order valence-corrected chi connectivity index (χ4v) is 4.97. The van der Waals surface area contributed by atoms with Crippen molar-refractivity contribution < 1.29 is 22.7 Å². The summed E-state index contributed by atoms with van der Waals surface area (Å²) in [6.45, 7) is 2.61. The van der Waals surface area contributed by atoms with Crippen molar-refractivity contribution in [3.8, 4) is 0 Å². The molecule has 2 aliphatic rings. The van der Waals surface area contributed by atoms with Crippen molar-refractivity contribution >= 4 is 21.7 Å². The highest BCUT2D eigenvalue weighted by atomic mass is 32.2. The Bertz CT molecular complexity index is 501. The van der Waals surface area contributed by atoms with E-state index in [2.05, 4.69) is 0 Å². The van der Waals surface area contributed by atoms with Gasteiger partial charge in [-0.2, -0.15) is 0 Å². The van der Waals surface area contributed by atoms with Crippen LogP contribution in [0.5, 0.6) is 0 Å². The van der Waals surface area contributed by atoms with Crippen molar-refractivity contribution in [3.05, 3.63) is 0 Å². The minimum atomic E-state index is -2.97. The summed E-state index contributed by atoms with van der Waals surface area (Å²) in [6.07, 6.45) is 3.18. The van der Waals surface area contributed by atoms with E-state index in [-0.39, 0.29) is 35.7 Å². The zero-order chi connectivity index (χ0) is 15.5. The maximum atomic E-state index is 12.4. The lowest BCUT2D eigenvalue weighted by Gasteiger charge is -2.34. The van der Waals surface area contributed by atoms with Crippen LogP contribution in [0.25, 0.3) is 0 Å². The Hall–Kier alpha value is -1.11. The van der Waals surface area contributed by atoms with Crippen molar-refractivity contribution in [3.63, 3.8) is 0 Å². The summed E-state index contributed by atoms with van der Waals surface area (Å²) >= 11 is 0. The molecule has 0 spiro atoms. The van der Waals surface area contributed by atoms with Gasteiger partial charge in [0.05, 0.1) is 18.1 Å². The molecule has 2 atom stereocenters. The van der Waals surface area contributed by atoms with E-state index in [1.165, 1.54) is 0 Å². The Labute approximate surface area is 125 Å². The molecule has 0 aromatic heterocycles. The van der Waals surface area contributed by atoms with E-state index in [1.54, 1.807) is 11.8 Å². The number of amides is 1. The second-order valence-electron chi connectivity index (χ2n) is 5.82. The highest BCUT2D eigenvalue weighted by Gasteiger charge is 2.36. The van der Waals surface area contributed by atoms with E-state index in [4.69, 9.17) is 4.74 Å². The van der Waals surface area contributed by atoms with Gasteiger partial charge in [-0.3, -0.25) is 4.79 Å². The second-order valence-corrected chi connectivity index (χ2v) is 8.05. The van der Waals surface area contributed by atoms with Crippen LogP contribution in [0.4, 0.5) is 0 Å². The van der Waals surface area contributed by atoms with E-state index in [9.17, 15) is 18.0 Å². The monoisotopic (exact) mass is 317 g/mol. The molecule has 0 aliphatic carbocycles. The molecule has 21 heavy (non-hydrogen) atoms. The fourth-order valence-electron chi connectivity index (χ4n) is 3.11. The largest absolute Gasteiger partial charge is 0.464 e. The molecule has 2 unspecified atom stereocenters. The van der Waals surface area contributed by atoms with Crippen molar-refractivity contribution in [2.24, 2.45) is 5.92 Å². The summed E-state index contributed by atoms with van der Waals surface area (Å²) in [6, 6.07) is -0.496. The van der Waals surface area contributed by atoms with Gasteiger partial charge in [-0.15, -0.1) is 0 Å². The third-order valence-corrected chi connectivity index (χ3v) is 6.01. The fraction of sp³-hybridized carbons (Fsp3) is 0.857. The molecule has 6 nitrogen and oxygen atoms in total. The zero-order valence-electron chi connectivity index (χ0n) is 12.4. The van der Waals surface area contributed by atoms with E-state index in [1.807, 2.05) is 0 Å².